The maximum Gasteiger partial charge on any atom is 0.0935 e. The molecule has 0 spiro atoms. The van der Waals surface area contributed by atoms with Crippen LogP contribution in [0.5, 0.6) is 0 Å². The Morgan fingerprint density at radius 2 is 1.08 bits per heavy atom. The Balaban J connectivity index is 4.18. The topological polar surface area (TPSA) is 157 Å². The standard InChI is InChI=1S/C16H34N4O4/c1-3-11(5-13(21)7-17)19-9-15(23)16(24)10-20-12(4-2)6-14(22)8-18/h3-4,11-16,19-24H,1-2,5-10,17-18H2. The van der Waals surface area contributed by atoms with Crippen LogP contribution in [0.15, 0.2) is 25.3 Å². The van der Waals surface area contributed by atoms with Crippen LogP contribution in [0, 0.1) is 0 Å². The lowest BCUT2D eigenvalue weighted by atomic mass is 10.1. The summed E-state index contributed by atoms with van der Waals surface area (Å²) >= 11 is 0. The van der Waals surface area contributed by atoms with E-state index in [0.717, 1.165) is 0 Å². The van der Waals surface area contributed by atoms with Crippen molar-refractivity contribution in [3.63, 3.8) is 0 Å². The minimum Gasteiger partial charge on any atom is -0.392 e. The number of nitrogens with one attached hydrogen (secondary N) is 2. The van der Waals surface area contributed by atoms with Crippen LogP contribution in [-0.4, -0.2) is 83.1 Å². The number of aliphatic hydroxyl groups excluding tert-OH is 4. The zero-order valence-electron chi connectivity index (χ0n) is 14.2. The van der Waals surface area contributed by atoms with Gasteiger partial charge in [0, 0.05) is 38.3 Å². The van der Waals surface area contributed by atoms with Gasteiger partial charge in [0.1, 0.15) is 0 Å². The summed E-state index contributed by atoms with van der Waals surface area (Å²) in [4.78, 5) is 0. The predicted molar refractivity (Wildman–Crippen MR) is 95.3 cm³/mol. The van der Waals surface area contributed by atoms with Crippen molar-refractivity contribution in [3.05, 3.63) is 25.3 Å². The summed E-state index contributed by atoms with van der Waals surface area (Å²) in [6.45, 7) is 7.91. The first kappa shape index (κ1) is 23.2. The third kappa shape index (κ3) is 10.1. The van der Waals surface area contributed by atoms with E-state index >= 15 is 0 Å². The Bertz CT molecular complexity index is 314. The smallest absolute Gasteiger partial charge is 0.0935 e. The molecule has 0 aromatic carbocycles. The van der Waals surface area contributed by atoms with Crippen molar-refractivity contribution in [3.8, 4) is 0 Å². The fourth-order valence-electron chi connectivity index (χ4n) is 2.12. The second-order valence-corrected chi connectivity index (χ2v) is 5.89. The van der Waals surface area contributed by atoms with Gasteiger partial charge in [-0.3, -0.25) is 0 Å². The first-order valence-electron chi connectivity index (χ1n) is 8.22. The average Bonchev–Trinajstić information content (AvgIpc) is 2.60. The molecule has 0 aromatic rings. The predicted octanol–water partition coefficient (Wildman–Crippen LogP) is -2.58. The van der Waals surface area contributed by atoms with Gasteiger partial charge in [-0.15, -0.1) is 13.2 Å². The molecule has 24 heavy (non-hydrogen) atoms. The fourth-order valence-corrected chi connectivity index (χ4v) is 2.12. The molecule has 0 amide bonds. The van der Waals surface area contributed by atoms with Crippen LogP contribution in [-0.2, 0) is 0 Å². The van der Waals surface area contributed by atoms with Crippen LogP contribution >= 0.6 is 0 Å². The highest BCUT2D eigenvalue weighted by Crippen LogP contribution is 2.02. The maximum absolute atomic E-state index is 10.00. The highest BCUT2D eigenvalue weighted by molar-refractivity contribution is 4.91. The largest absolute Gasteiger partial charge is 0.392 e. The van der Waals surface area contributed by atoms with Gasteiger partial charge < -0.3 is 42.5 Å². The van der Waals surface area contributed by atoms with Crippen LogP contribution in [0.3, 0.4) is 0 Å². The van der Waals surface area contributed by atoms with Gasteiger partial charge in [-0.25, -0.2) is 0 Å². The number of aliphatic hydroxyl groups is 4. The summed E-state index contributed by atoms with van der Waals surface area (Å²) in [5, 5.41) is 45.1. The Hall–Kier alpha value is -0.840. The molecule has 0 aliphatic rings. The summed E-state index contributed by atoms with van der Waals surface area (Å²) in [7, 11) is 0. The van der Waals surface area contributed by atoms with Crippen molar-refractivity contribution in [1.29, 1.82) is 0 Å². The van der Waals surface area contributed by atoms with Crippen LogP contribution in [0.1, 0.15) is 12.8 Å². The lowest BCUT2D eigenvalue weighted by Crippen LogP contribution is -2.47. The van der Waals surface area contributed by atoms with Gasteiger partial charge in [-0.2, -0.15) is 0 Å². The highest BCUT2D eigenvalue weighted by atomic mass is 16.3. The lowest BCUT2D eigenvalue weighted by molar-refractivity contribution is 0.0176. The molecule has 0 heterocycles. The molecular weight excluding hydrogens is 312 g/mol. The number of hydrogen-bond acceptors (Lipinski definition) is 8. The molecule has 0 bridgehead atoms. The van der Waals surface area contributed by atoms with Crippen molar-refractivity contribution in [2.24, 2.45) is 11.5 Å². The van der Waals surface area contributed by atoms with Gasteiger partial charge in [-0.05, 0) is 12.8 Å². The van der Waals surface area contributed by atoms with Gasteiger partial charge in [0.2, 0.25) is 0 Å². The summed E-state index contributed by atoms with van der Waals surface area (Å²) in [6.07, 6.45) is 0.724. The van der Waals surface area contributed by atoms with E-state index in [2.05, 4.69) is 23.8 Å². The summed E-state index contributed by atoms with van der Waals surface area (Å²) < 4.78 is 0. The fraction of sp³-hybridized carbons (Fsp3) is 0.750. The van der Waals surface area contributed by atoms with E-state index in [9.17, 15) is 20.4 Å². The van der Waals surface area contributed by atoms with Crippen LogP contribution in [0.25, 0.3) is 0 Å². The molecule has 0 aromatic heterocycles. The van der Waals surface area contributed by atoms with Crippen molar-refractivity contribution < 1.29 is 20.4 Å². The zero-order valence-corrected chi connectivity index (χ0v) is 14.2. The number of nitrogens with two attached hydrogens (primary N) is 2. The molecule has 0 aliphatic carbocycles. The summed E-state index contributed by atoms with van der Waals surface area (Å²) in [5.41, 5.74) is 10.7. The molecule has 0 radical (unpaired) electrons. The van der Waals surface area contributed by atoms with Gasteiger partial charge in [0.15, 0.2) is 0 Å². The van der Waals surface area contributed by atoms with Crippen LogP contribution < -0.4 is 22.1 Å². The van der Waals surface area contributed by atoms with E-state index in [0.29, 0.717) is 12.8 Å². The van der Waals surface area contributed by atoms with Crippen molar-refractivity contribution in [2.75, 3.05) is 26.2 Å². The van der Waals surface area contributed by atoms with E-state index in [1.165, 1.54) is 0 Å². The Labute approximate surface area is 144 Å². The lowest BCUT2D eigenvalue weighted by Gasteiger charge is -2.24. The molecule has 0 saturated carbocycles. The molecule has 0 rings (SSSR count). The molecule has 6 unspecified atom stereocenters. The van der Waals surface area contributed by atoms with E-state index in [-0.39, 0.29) is 38.3 Å². The van der Waals surface area contributed by atoms with Gasteiger partial charge in [-0.1, -0.05) is 12.2 Å². The second kappa shape index (κ2) is 13.5. The monoisotopic (exact) mass is 346 g/mol. The third-order valence-electron chi connectivity index (χ3n) is 3.79. The Kier molecular flexibility index (Phi) is 13.0. The van der Waals surface area contributed by atoms with Gasteiger partial charge >= 0.3 is 0 Å². The first-order valence-corrected chi connectivity index (χ1v) is 8.22. The molecule has 0 aliphatic heterocycles. The molecule has 8 nitrogen and oxygen atoms in total. The van der Waals surface area contributed by atoms with Gasteiger partial charge in [0.25, 0.3) is 0 Å². The molecule has 8 heteroatoms. The summed E-state index contributed by atoms with van der Waals surface area (Å²) in [6, 6.07) is -0.419. The van der Waals surface area contributed by atoms with Crippen LogP contribution in [0.4, 0.5) is 0 Å². The SMILES string of the molecule is C=CC(CC(O)CN)NCC(O)C(O)CNC(C=C)CC(O)CN. The van der Waals surface area contributed by atoms with E-state index in [1.807, 2.05) is 0 Å². The van der Waals surface area contributed by atoms with E-state index in [4.69, 9.17) is 11.5 Å². The average molecular weight is 346 g/mol. The minimum absolute atomic E-state index is 0.140. The molecular formula is C16H34N4O4. The van der Waals surface area contributed by atoms with Crippen molar-refractivity contribution in [2.45, 2.75) is 49.3 Å². The highest BCUT2D eigenvalue weighted by Gasteiger charge is 2.19. The van der Waals surface area contributed by atoms with Crippen molar-refractivity contribution in [1.82, 2.24) is 10.6 Å². The van der Waals surface area contributed by atoms with Crippen LogP contribution in [0.2, 0.25) is 0 Å². The minimum atomic E-state index is -1.00. The normalized spacial score (nSPS) is 19.1. The number of rotatable bonds is 15. The van der Waals surface area contributed by atoms with E-state index < -0.39 is 24.4 Å². The molecule has 0 saturated heterocycles. The van der Waals surface area contributed by atoms with E-state index in [1.54, 1.807) is 12.2 Å². The quantitative estimate of drug-likeness (QED) is 0.150. The zero-order chi connectivity index (χ0) is 18.5. The molecule has 6 atom stereocenters. The second-order valence-electron chi connectivity index (χ2n) is 5.89. The molecule has 0 fully saturated rings. The van der Waals surface area contributed by atoms with Crippen molar-refractivity contribution >= 4 is 0 Å². The van der Waals surface area contributed by atoms with Gasteiger partial charge in [0.05, 0.1) is 24.4 Å². The Morgan fingerprint density at radius 1 is 0.750 bits per heavy atom. The maximum atomic E-state index is 10.00. The Morgan fingerprint density at radius 3 is 1.33 bits per heavy atom. The third-order valence-corrected chi connectivity index (χ3v) is 3.79. The number of hydrogen-bond donors (Lipinski definition) is 8. The molecule has 142 valence electrons. The summed E-state index contributed by atoms with van der Waals surface area (Å²) in [5.74, 6) is 0. The molecule has 10 N–H and O–H groups in total. The first-order chi connectivity index (χ1) is 11.4.